The van der Waals surface area contributed by atoms with Gasteiger partial charge in [-0.25, -0.2) is 0 Å². The lowest BCUT2D eigenvalue weighted by atomic mass is 9.41. The minimum Gasteiger partial charge on any atom is -0.481 e. The van der Waals surface area contributed by atoms with Crippen molar-refractivity contribution in [2.45, 2.75) is 77.2 Å². The van der Waals surface area contributed by atoms with E-state index in [1.54, 1.807) is 0 Å². The second kappa shape index (κ2) is 4.41. The van der Waals surface area contributed by atoms with Crippen molar-refractivity contribution in [1.82, 2.24) is 0 Å². The zero-order chi connectivity index (χ0) is 16.7. The third-order valence-electron chi connectivity index (χ3n) is 8.65. The minimum atomic E-state index is -0.634. The Morgan fingerprint density at radius 3 is 2.52 bits per heavy atom. The van der Waals surface area contributed by atoms with E-state index in [0.717, 1.165) is 63.4 Å². The highest BCUT2D eigenvalue weighted by Gasteiger charge is 2.67. The van der Waals surface area contributed by atoms with Crippen molar-refractivity contribution < 1.29 is 15.0 Å². The molecule has 23 heavy (non-hydrogen) atoms. The fourth-order valence-corrected chi connectivity index (χ4v) is 7.61. The summed E-state index contributed by atoms with van der Waals surface area (Å²) in [5.74, 6) is 0.219. The summed E-state index contributed by atoms with van der Waals surface area (Å²) in [6, 6.07) is 0. The monoisotopic (exact) mass is 318 g/mol. The summed E-state index contributed by atoms with van der Waals surface area (Å²) in [6.45, 7) is 8.55. The Kier molecular flexibility index (Phi) is 3.01. The van der Waals surface area contributed by atoms with Gasteiger partial charge in [-0.15, -0.1) is 0 Å². The Morgan fingerprint density at radius 2 is 1.83 bits per heavy atom. The minimum absolute atomic E-state index is 0.107. The molecular formula is C20H30O3. The van der Waals surface area contributed by atoms with Crippen LogP contribution >= 0.6 is 0 Å². The van der Waals surface area contributed by atoms with Crippen molar-refractivity contribution in [2.75, 3.05) is 0 Å². The van der Waals surface area contributed by atoms with E-state index in [1.165, 1.54) is 0 Å². The van der Waals surface area contributed by atoms with Crippen molar-refractivity contribution in [2.24, 2.45) is 28.1 Å². The molecule has 4 rings (SSSR count). The third kappa shape index (κ3) is 1.78. The van der Waals surface area contributed by atoms with E-state index < -0.39 is 17.0 Å². The number of rotatable bonds is 1. The maximum Gasteiger partial charge on any atom is 0.309 e. The van der Waals surface area contributed by atoms with Gasteiger partial charge in [-0.2, -0.15) is 0 Å². The van der Waals surface area contributed by atoms with E-state index in [4.69, 9.17) is 0 Å². The Bertz CT molecular complexity index is 583. The summed E-state index contributed by atoms with van der Waals surface area (Å²) in [6.07, 6.45) is 8.75. The first-order valence-corrected chi connectivity index (χ1v) is 9.30. The molecule has 0 aliphatic heterocycles. The largest absolute Gasteiger partial charge is 0.481 e. The maximum absolute atomic E-state index is 12.0. The normalized spacial score (nSPS) is 55.2. The Morgan fingerprint density at radius 1 is 1.13 bits per heavy atom. The SMILES string of the molecule is C=C1C[C@@]23CCC4[C@](C)(C(=O)O)CCC[C@@]4(C)[C@@H]2CC[C@]1(O)C3. The predicted molar refractivity (Wildman–Crippen MR) is 88.9 cm³/mol. The van der Waals surface area contributed by atoms with Gasteiger partial charge in [0, 0.05) is 0 Å². The highest BCUT2D eigenvalue weighted by Crippen LogP contribution is 2.72. The average molecular weight is 318 g/mol. The summed E-state index contributed by atoms with van der Waals surface area (Å²) in [5.41, 5.74) is 0.128. The first kappa shape index (κ1) is 15.7. The zero-order valence-corrected chi connectivity index (χ0v) is 14.5. The van der Waals surface area contributed by atoms with Crippen LogP contribution in [0.5, 0.6) is 0 Å². The molecule has 0 aromatic heterocycles. The standard InChI is InChI=1S/C20H30O3/c1-13-11-19-9-5-14-17(2,7-4-8-18(14,3)16(21)22)15(19)6-10-20(13,23)12-19/h14-15,23H,1,4-12H2,2-3H3,(H,21,22)/t14?,15-,17+,18+,19+,20-/m0/s1. The lowest BCUT2D eigenvalue weighted by Gasteiger charge is -2.63. The topological polar surface area (TPSA) is 57.5 Å². The molecule has 1 unspecified atom stereocenters. The third-order valence-corrected chi connectivity index (χ3v) is 8.65. The molecule has 2 bridgehead atoms. The Labute approximate surface area is 139 Å². The second-order valence-electron chi connectivity index (χ2n) is 9.62. The Balaban J connectivity index is 1.76. The first-order valence-electron chi connectivity index (χ1n) is 9.30. The Hall–Kier alpha value is -0.830. The van der Waals surface area contributed by atoms with Crippen molar-refractivity contribution in [3.8, 4) is 0 Å². The van der Waals surface area contributed by atoms with Gasteiger partial charge in [-0.1, -0.05) is 19.9 Å². The van der Waals surface area contributed by atoms with Crippen LogP contribution < -0.4 is 0 Å². The summed E-state index contributed by atoms with van der Waals surface area (Å²) >= 11 is 0. The van der Waals surface area contributed by atoms with E-state index in [1.807, 2.05) is 6.92 Å². The molecule has 0 amide bonds. The molecule has 1 spiro atoms. The van der Waals surface area contributed by atoms with E-state index in [0.29, 0.717) is 5.92 Å². The van der Waals surface area contributed by atoms with E-state index in [9.17, 15) is 15.0 Å². The van der Waals surface area contributed by atoms with Gasteiger partial charge in [-0.3, -0.25) is 4.79 Å². The molecule has 0 saturated heterocycles. The molecular weight excluding hydrogens is 288 g/mol. The number of carboxylic acids is 1. The van der Waals surface area contributed by atoms with Crippen LogP contribution in [0.2, 0.25) is 0 Å². The molecule has 0 radical (unpaired) electrons. The summed E-state index contributed by atoms with van der Waals surface area (Å²) < 4.78 is 0. The molecule has 0 heterocycles. The second-order valence-corrected chi connectivity index (χ2v) is 9.62. The smallest absolute Gasteiger partial charge is 0.309 e. The van der Waals surface area contributed by atoms with Gasteiger partial charge in [0.2, 0.25) is 0 Å². The summed E-state index contributed by atoms with van der Waals surface area (Å²) in [5, 5.41) is 20.8. The van der Waals surface area contributed by atoms with Crippen molar-refractivity contribution in [3.63, 3.8) is 0 Å². The predicted octanol–water partition coefficient (Wildman–Crippen LogP) is 4.16. The van der Waals surface area contributed by atoms with Crippen molar-refractivity contribution in [1.29, 1.82) is 0 Å². The van der Waals surface area contributed by atoms with Crippen LogP contribution in [0.1, 0.15) is 71.6 Å². The molecule has 2 N–H and O–H groups in total. The van der Waals surface area contributed by atoms with E-state index in [2.05, 4.69) is 13.5 Å². The molecule has 4 fully saturated rings. The van der Waals surface area contributed by atoms with E-state index in [-0.39, 0.29) is 16.7 Å². The fourth-order valence-electron chi connectivity index (χ4n) is 7.61. The number of aliphatic hydroxyl groups is 1. The molecule has 0 aromatic carbocycles. The molecule has 4 aliphatic rings. The van der Waals surface area contributed by atoms with Crippen LogP contribution in [-0.2, 0) is 4.79 Å². The quantitative estimate of drug-likeness (QED) is 0.714. The molecule has 4 saturated carbocycles. The van der Waals surface area contributed by atoms with Crippen LogP contribution in [0.4, 0.5) is 0 Å². The first-order chi connectivity index (χ1) is 10.7. The summed E-state index contributed by atoms with van der Waals surface area (Å²) in [7, 11) is 0. The average Bonchev–Trinajstić information content (AvgIpc) is 2.63. The highest BCUT2D eigenvalue weighted by molar-refractivity contribution is 5.75. The molecule has 0 aromatic rings. The zero-order valence-electron chi connectivity index (χ0n) is 14.5. The fraction of sp³-hybridized carbons (Fsp3) is 0.850. The van der Waals surface area contributed by atoms with Gasteiger partial charge in [0.15, 0.2) is 0 Å². The van der Waals surface area contributed by atoms with Crippen LogP contribution in [0, 0.1) is 28.1 Å². The van der Waals surface area contributed by atoms with Gasteiger partial charge in [0.25, 0.3) is 0 Å². The van der Waals surface area contributed by atoms with Crippen LogP contribution in [-0.4, -0.2) is 21.8 Å². The molecule has 3 nitrogen and oxygen atoms in total. The van der Waals surface area contributed by atoms with Gasteiger partial charge < -0.3 is 10.2 Å². The number of carbonyl (C=O) groups is 1. The highest BCUT2D eigenvalue weighted by atomic mass is 16.4. The number of hydrogen-bond acceptors (Lipinski definition) is 2. The van der Waals surface area contributed by atoms with Crippen molar-refractivity contribution >= 4 is 5.97 Å². The van der Waals surface area contributed by atoms with Gasteiger partial charge in [0.1, 0.15) is 0 Å². The van der Waals surface area contributed by atoms with Gasteiger partial charge >= 0.3 is 5.97 Å². The molecule has 4 aliphatic carbocycles. The molecule has 6 atom stereocenters. The number of fused-ring (bicyclic) bond motifs is 3. The van der Waals surface area contributed by atoms with Gasteiger partial charge in [-0.05, 0) is 86.5 Å². The van der Waals surface area contributed by atoms with Crippen LogP contribution in [0.15, 0.2) is 12.2 Å². The van der Waals surface area contributed by atoms with Crippen LogP contribution in [0.3, 0.4) is 0 Å². The van der Waals surface area contributed by atoms with E-state index >= 15 is 0 Å². The van der Waals surface area contributed by atoms with Crippen LogP contribution in [0.25, 0.3) is 0 Å². The number of hydrogen-bond donors (Lipinski definition) is 2. The lowest BCUT2D eigenvalue weighted by molar-refractivity contribution is -0.186. The number of carboxylic acid groups (broad SMARTS) is 1. The lowest BCUT2D eigenvalue weighted by Crippen LogP contribution is -2.59. The maximum atomic E-state index is 12.0. The molecule has 3 heteroatoms. The molecule has 128 valence electrons. The number of aliphatic carboxylic acids is 1. The summed E-state index contributed by atoms with van der Waals surface area (Å²) in [4.78, 5) is 12.0. The van der Waals surface area contributed by atoms with Gasteiger partial charge in [0.05, 0.1) is 11.0 Å². The van der Waals surface area contributed by atoms with Crippen molar-refractivity contribution in [3.05, 3.63) is 12.2 Å².